The molecule has 1 saturated carbocycles. The fourth-order valence-corrected chi connectivity index (χ4v) is 5.54. The highest BCUT2D eigenvalue weighted by molar-refractivity contribution is 7.93. The van der Waals surface area contributed by atoms with Crippen LogP contribution in [0.1, 0.15) is 24.8 Å². The van der Waals surface area contributed by atoms with E-state index in [1.54, 1.807) is 0 Å². The van der Waals surface area contributed by atoms with Gasteiger partial charge in [0, 0.05) is 11.2 Å². The lowest BCUT2D eigenvalue weighted by molar-refractivity contribution is -0.134. The molecule has 1 aliphatic rings. The molecule has 3 rings (SSSR count). The zero-order valence-electron chi connectivity index (χ0n) is 12.9. The van der Waals surface area contributed by atoms with Crippen LogP contribution in [0.15, 0.2) is 24.3 Å². The van der Waals surface area contributed by atoms with E-state index in [4.69, 9.17) is 5.11 Å². The Labute approximate surface area is 139 Å². The van der Waals surface area contributed by atoms with Gasteiger partial charge in [-0.2, -0.15) is 0 Å². The lowest BCUT2D eigenvalue weighted by atomic mass is 10.2. The summed E-state index contributed by atoms with van der Waals surface area (Å²) in [5.41, 5.74) is 0.898. The predicted octanol–water partition coefficient (Wildman–Crippen LogP) is 3.23. The number of rotatable bonds is 7. The quantitative estimate of drug-likeness (QED) is 0.829. The first-order chi connectivity index (χ1) is 10.9. The molecule has 0 spiro atoms. The Morgan fingerprint density at radius 1 is 1.35 bits per heavy atom. The van der Waals surface area contributed by atoms with Gasteiger partial charge in [-0.3, -0.25) is 9.10 Å². The first-order valence-corrected chi connectivity index (χ1v) is 10.0. The molecule has 0 radical (unpaired) electrons. The molecule has 1 heterocycles. The Morgan fingerprint density at radius 3 is 2.65 bits per heavy atom. The van der Waals surface area contributed by atoms with Gasteiger partial charge in [0.1, 0.15) is 5.00 Å². The van der Waals surface area contributed by atoms with Gasteiger partial charge in [0.2, 0.25) is 10.0 Å². The second-order valence-electron chi connectivity index (χ2n) is 5.98. The van der Waals surface area contributed by atoms with Gasteiger partial charge in [-0.15, -0.1) is 11.3 Å². The molecule has 1 fully saturated rings. The maximum Gasteiger partial charge on any atom is 0.320 e. The molecule has 0 bridgehead atoms. The van der Waals surface area contributed by atoms with Crippen molar-refractivity contribution in [2.24, 2.45) is 5.92 Å². The molecule has 5 nitrogen and oxygen atoms in total. The number of hydrogen-bond donors (Lipinski definition) is 1. The molecule has 23 heavy (non-hydrogen) atoms. The third-order valence-electron chi connectivity index (χ3n) is 4.12. The highest BCUT2D eigenvalue weighted by Crippen LogP contribution is 2.40. The number of benzene rings is 1. The summed E-state index contributed by atoms with van der Waals surface area (Å²) in [7, 11) is -3.87. The Bertz CT molecular complexity index is 837. The van der Waals surface area contributed by atoms with E-state index in [0.717, 1.165) is 34.9 Å². The fraction of sp³-hybridized carbons (Fsp3) is 0.438. The number of sulfonamides is 1. The highest BCUT2D eigenvalue weighted by atomic mass is 32.2. The number of hydrogen-bond acceptors (Lipinski definition) is 4. The molecule has 0 amide bonds. The first-order valence-electron chi connectivity index (χ1n) is 7.59. The number of carbonyl (C=O) groups is 1. The van der Waals surface area contributed by atoms with Gasteiger partial charge in [-0.1, -0.05) is 31.0 Å². The highest BCUT2D eigenvalue weighted by Gasteiger charge is 2.31. The number of carboxylic acid groups (broad SMARTS) is 1. The maximum absolute atomic E-state index is 12.6. The van der Waals surface area contributed by atoms with Gasteiger partial charge in [0.15, 0.2) is 5.75 Å². The van der Waals surface area contributed by atoms with Gasteiger partial charge in [0.25, 0.3) is 0 Å². The third-order valence-corrected chi connectivity index (χ3v) is 7.18. The second kappa shape index (κ2) is 6.13. The van der Waals surface area contributed by atoms with Crippen LogP contribution in [-0.4, -0.2) is 31.8 Å². The average Bonchev–Trinajstić information content (AvgIpc) is 3.23. The van der Waals surface area contributed by atoms with Crippen molar-refractivity contribution in [3.63, 3.8) is 0 Å². The minimum absolute atomic E-state index is 0.355. The number of nitrogens with zero attached hydrogens (tertiary/aromatic N) is 1. The topological polar surface area (TPSA) is 74.7 Å². The van der Waals surface area contributed by atoms with Crippen LogP contribution < -0.4 is 4.31 Å². The average molecular weight is 353 g/mol. The van der Waals surface area contributed by atoms with E-state index < -0.39 is 21.7 Å². The summed E-state index contributed by atoms with van der Waals surface area (Å²) in [6.45, 7) is 2.25. The maximum atomic E-state index is 12.6. The van der Waals surface area contributed by atoms with Gasteiger partial charge in [-0.25, -0.2) is 8.42 Å². The standard InChI is InChI=1S/C16H19NO4S2/c1-11-13-4-2-3-5-14(13)22-16(11)17(9-8-12-6-7-12)23(20,21)10-15(18)19/h2-5,12H,6-10H2,1H3,(H,18,19). The smallest absolute Gasteiger partial charge is 0.320 e. The summed E-state index contributed by atoms with van der Waals surface area (Å²) in [5, 5.41) is 10.6. The van der Waals surface area contributed by atoms with E-state index in [1.807, 2.05) is 31.2 Å². The van der Waals surface area contributed by atoms with Crippen molar-refractivity contribution in [3.8, 4) is 0 Å². The summed E-state index contributed by atoms with van der Waals surface area (Å²) in [6, 6.07) is 7.77. The van der Waals surface area contributed by atoms with Gasteiger partial charge < -0.3 is 5.11 Å². The summed E-state index contributed by atoms with van der Waals surface area (Å²) < 4.78 is 27.4. The van der Waals surface area contributed by atoms with Crippen molar-refractivity contribution in [2.75, 3.05) is 16.6 Å². The van der Waals surface area contributed by atoms with Crippen LogP contribution in [0.25, 0.3) is 10.1 Å². The van der Waals surface area contributed by atoms with Crippen molar-refractivity contribution in [1.82, 2.24) is 0 Å². The lowest BCUT2D eigenvalue weighted by Gasteiger charge is -2.23. The number of aryl methyl sites for hydroxylation is 1. The zero-order chi connectivity index (χ0) is 16.6. The van der Waals surface area contributed by atoms with Gasteiger partial charge in [0.05, 0.1) is 0 Å². The molecule has 124 valence electrons. The van der Waals surface area contributed by atoms with Crippen LogP contribution in [0.5, 0.6) is 0 Å². The molecule has 1 aliphatic carbocycles. The first kappa shape index (κ1) is 16.3. The Balaban J connectivity index is 2.01. The predicted molar refractivity (Wildman–Crippen MR) is 92.7 cm³/mol. The molecule has 7 heteroatoms. The number of fused-ring (bicyclic) bond motifs is 1. The van der Waals surface area contributed by atoms with E-state index in [9.17, 15) is 13.2 Å². The van der Waals surface area contributed by atoms with Gasteiger partial charge in [-0.05, 0) is 36.3 Å². The lowest BCUT2D eigenvalue weighted by Crippen LogP contribution is -2.36. The molecule has 1 aromatic carbocycles. The number of anilines is 1. The Morgan fingerprint density at radius 2 is 2.04 bits per heavy atom. The molecule has 1 aromatic heterocycles. The largest absolute Gasteiger partial charge is 0.480 e. The van der Waals surface area contributed by atoms with Crippen LogP contribution in [-0.2, 0) is 14.8 Å². The van der Waals surface area contributed by atoms with Crippen LogP contribution in [0.4, 0.5) is 5.00 Å². The van der Waals surface area contributed by atoms with Crippen molar-refractivity contribution < 1.29 is 18.3 Å². The van der Waals surface area contributed by atoms with Crippen molar-refractivity contribution in [2.45, 2.75) is 26.2 Å². The SMILES string of the molecule is Cc1c(N(CCC2CC2)S(=O)(=O)CC(=O)O)sc2ccccc12. The second-order valence-corrected chi connectivity index (χ2v) is 8.91. The van der Waals surface area contributed by atoms with Crippen LogP contribution in [0, 0.1) is 12.8 Å². The Kier molecular flexibility index (Phi) is 4.33. The summed E-state index contributed by atoms with van der Waals surface area (Å²) in [6.07, 6.45) is 3.06. The number of carboxylic acids is 1. The van der Waals surface area contributed by atoms with E-state index in [2.05, 4.69) is 0 Å². The monoisotopic (exact) mass is 353 g/mol. The summed E-state index contributed by atoms with van der Waals surface area (Å²) >= 11 is 1.41. The molecule has 0 aliphatic heterocycles. The van der Waals surface area contributed by atoms with Crippen LogP contribution in [0.2, 0.25) is 0 Å². The van der Waals surface area contributed by atoms with E-state index in [-0.39, 0.29) is 0 Å². The van der Waals surface area contributed by atoms with E-state index in [0.29, 0.717) is 17.5 Å². The van der Waals surface area contributed by atoms with E-state index in [1.165, 1.54) is 15.6 Å². The number of aliphatic carboxylic acids is 1. The Hall–Kier alpha value is -1.60. The summed E-state index contributed by atoms with van der Waals surface area (Å²) in [4.78, 5) is 11.0. The molecule has 0 atom stereocenters. The normalized spacial score (nSPS) is 15.0. The minimum atomic E-state index is -3.87. The minimum Gasteiger partial charge on any atom is -0.480 e. The molecular weight excluding hydrogens is 334 g/mol. The molecular formula is C16H19NO4S2. The fourth-order valence-electron chi connectivity index (χ4n) is 2.71. The molecule has 0 saturated heterocycles. The van der Waals surface area contributed by atoms with Crippen LogP contribution in [0.3, 0.4) is 0 Å². The van der Waals surface area contributed by atoms with Crippen molar-refractivity contribution in [3.05, 3.63) is 29.8 Å². The van der Waals surface area contributed by atoms with Crippen molar-refractivity contribution in [1.29, 1.82) is 0 Å². The molecule has 2 aromatic rings. The van der Waals surface area contributed by atoms with Gasteiger partial charge >= 0.3 is 5.97 Å². The molecule has 1 N–H and O–H groups in total. The number of thiophene rings is 1. The molecule has 0 unspecified atom stereocenters. The summed E-state index contributed by atoms with van der Waals surface area (Å²) in [5.74, 6) is -1.61. The van der Waals surface area contributed by atoms with Crippen LogP contribution >= 0.6 is 11.3 Å². The van der Waals surface area contributed by atoms with E-state index >= 15 is 0 Å². The third kappa shape index (κ3) is 3.50. The zero-order valence-corrected chi connectivity index (χ0v) is 14.5. The van der Waals surface area contributed by atoms with Crippen molar-refractivity contribution >= 4 is 42.4 Å².